The molecule has 1 atom stereocenters. The van der Waals surface area contributed by atoms with Crippen molar-refractivity contribution in [2.24, 2.45) is 0 Å². The Morgan fingerprint density at radius 2 is 1.74 bits per heavy atom. The molecule has 0 aliphatic carbocycles. The molecular weight excluding hydrogens is 435 g/mol. The molecule has 1 unspecified atom stereocenters. The van der Waals surface area contributed by atoms with Gasteiger partial charge in [0, 0.05) is 10.0 Å². The second-order valence-corrected chi connectivity index (χ2v) is 8.44. The molecule has 27 heavy (non-hydrogen) atoms. The fraction of sp³-hybridized carbons (Fsp3) is 0.235. The molecule has 0 radical (unpaired) electrons. The van der Waals surface area contributed by atoms with Crippen LogP contribution in [0.2, 0.25) is 15.1 Å². The highest BCUT2D eigenvalue weighted by Gasteiger charge is 2.26. The summed E-state index contributed by atoms with van der Waals surface area (Å²) in [6.07, 6.45) is 0. The number of halogens is 3. The first-order valence-electron chi connectivity index (χ1n) is 7.84. The molecule has 2 aromatic rings. The van der Waals surface area contributed by atoms with Gasteiger partial charge < -0.3 is 10.1 Å². The maximum absolute atomic E-state index is 12.7. The molecule has 0 fully saturated rings. The molecule has 2 aromatic carbocycles. The van der Waals surface area contributed by atoms with Gasteiger partial charge in [0.05, 0.1) is 23.4 Å². The third-order valence-corrected chi connectivity index (χ3v) is 5.75. The van der Waals surface area contributed by atoms with Crippen LogP contribution in [-0.2, 0) is 14.8 Å². The molecule has 0 aliphatic rings. The summed E-state index contributed by atoms with van der Waals surface area (Å²) < 4.78 is 33.0. The van der Waals surface area contributed by atoms with Gasteiger partial charge in [0.1, 0.15) is 10.6 Å². The quantitative estimate of drug-likeness (QED) is 0.655. The molecule has 2 N–H and O–H groups in total. The van der Waals surface area contributed by atoms with Gasteiger partial charge in [0.25, 0.3) is 0 Å². The molecule has 0 saturated heterocycles. The van der Waals surface area contributed by atoms with E-state index < -0.39 is 22.0 Å². The Bertz CT molecular complexity index is 951. The molecule has 10 heteroatoms. The van der Waals surface area contributed by atoms with Crippen molar-refractivity contribution < 1.29 is 17.9 Å². The van der Waals surface area contributed by atoms with Crippen LogP contribution in [-0.4, -0.2) is 27.0 Å². The summed E-state index contributed by atoms with van der Waals surface area (Å²) in [7, 11) is -4.06. The van der Waals surface area contributed by atoms with Gasteiger partial charge in [-0.05, 0) is 50.2 Å². The van der Waals surface area contributed by atoms with Crippen LogP contribution in [0.5, 0.6) is 5.75 Å². The summed E-state index contributed by atoms with van der Waals surface area (Å²) in [6.45, 7) is 3.40. The lowest BCUT2D eigenvalue weighted by atomic mass is 10.3. The highest BCUT2D eigenvalue weighted by molar-refractivity contribution is 7.89. The average Bonchev–Trinajstić information content (AvgIpc) is 2.58. The van der Waals surface area contributed by atoms with Crippen LogP contribution in [0.3, 0.4) is 0 Å². The van der Waals surface area contributed by atoms with E-state index in [9.17, 15) is 13.2 Å². The Kier molecular flexibility index (Phi) is 7.36. The lowest BCUT2D eigenvalue weighted by Gasteiger charge is -2.17. The zero-order valence-electron chi connectivity index (χ0n) is 14.4. The number of carbonyl (C=O) groups excluding carboxylic acids is 1. The second-order valence-electron chi connectivity index (χ2n) is 5.48. The van der Waals surface area contributed by atoms with Crippen molar-refractivity contribution in [3.63, 3.8) is 0 Å². The first kappa shape index (κ1) is 21.8. The number of carbonyl (C=O) groups is 1. The van der Waals surface area contributed by atoms with Crippen molar-refractivity contribution in [1.82, 2.24) is 4.72 Å². The monoisotopic (exact) mass is 450 g/mol. The number of rotatable bonds is 7. The number of anilines is 1. The van der Waals surface area contributed by atoms with E-state index in [4.69, 9.17) is 39.5 Å². The number of hydrogen-bond donors (Lipinski definition) is 2. The molecule has 146 valence electrons. The van der Waals surface area contributed by atoms with Crippen LogP contribution < -0.4 is 14.8 Å². The Morgan fingerprint density at radius 1 is 1.11 bits per heavy atom. The van der Waals surface area contributed by atoms with Gasteiger partial charge in [-0.1, -0.05) is 34.8 Å². The SMILES string of the molecule is CCOc1ccc(Cl)cc1S(=O)(=O)NC(C)C(=O)Nc1ccc(Cl)cc1Cl. The number of benzene rings is 2. The summed E-state index contributed by atoms with van der Waals surface area (Å²) in [5.74, 6) is -0.453. The van der Waals surface area contributed by atoms with Gasteiger partial charge >= 0.3 is 0 Å². The highest BCUT2D eigenvalue weighted by atomic mass is 35.5. The molecular formula is C17H17Cl3N2O4S. The fourth-order valence-corrected chi connectivity index (χ4v) is 4.21. The average molecular weight is 452 g/mol. The Hall–Kier alpha value is -1.51. The maximum Gasteiger partial charge on any atom is 0.245 e. The van der Waals surface area contributed by atoms with Gasteiger partial charge in [0.15, 0.2) is 0 Å². The van der Waals surface area contributed by atoms with Crippen LogP contribution >= 0.6 is 34.8 Å². The van der Waals surface area contributed by atoms with E-state index in [0.717, 1.165) is 0 Å². The third-order valence-electron chi connectivity index (χ3n) is 3.41. The summed E-state index contributed by atoms with van der Waals surface area (Å²) in [6, 6.07) is 7.69. The van der Waals surface area contributed by atoms with Crippen molar-refractivity contribution in [1.29, 1.82) is 0 Å². The van der Waals surface area contributed by atoms with Crippen LogP contribution in [0.25, 0.3) is 0 Å². The van der Waals surface area contributed by atoms with Gasteiger partial charge in [-0.25, -0.2) is 8.42 Å². The zero-order chi connectivity index (χ0) is 20.2. The van der Waals surface area contributed by atoms with Crippen LogP contribution in [0.15, 0.2) is 41.3 Å². The number of ether oxygens (including phenoxy) is 1. The van der Waals surface area contributed by atoms with Crippen molar-refractivity contribution in [2.75, 3.05) is 11.9 Å². The first-order valence-corrected chi connectivity index (χ1v) is 10.5. The van der Waals surface area contributed by atoms with E-state index in [2.05, 4.69) is 10.0 Å². The molecule has 0 heterocycles. The minimum absolute atomic E-state index is 0.141. The molecule has 0 bridgehead atoms. The Labute approximate surface area is 172 Å². The van der Waals surface area contributed by atoms with E-state index in [-0.39, 0.29) is 27.3 Å². The van der Waals surface area contributed by atoms with Crippen LogP contribution in [0.4, 0.5) is 5.69 Å². The summed E-state index contributed by atoms with van der Waals surface area (Å²) >= 11 is 17.7. The summed E-state index contributed by atoms with van der Waals surface area (Å²) in [4.78, 5) is 12.2. The van der Waals surface area contributed by atoms with Gasteiger partial charge in [-0.15, -0.1) is 0 Å². The van der Waals surface area contributed by atoms with E-state index in [1.165, 1.54) is 37.3 Å². The van der Waals surface area contributed by atoms with E-state index >= 15 is 0 Å². The normalized spacial score (nSPS) is 12.5. The molecule has 0 aromatic heterocycles. The third kappa shape index (κ3) is 5.73. The number of nitrogens with one attached hydrogen (secondary N) is 2. The lowest BCUT2D eigenvalue weighted by Crippen LogP contribution is -2.41. The van der Waals surface area contributed by atoms with Gasteiger partial charge in [-0.3, -0.25) is 4.79 Å². The molecule has 0 saturated carbocycles. The zero-order valence-corrected chi connectivity index (χ0v) is 17.5. The second kappa shape index (κ2) is 9.12. The topological polar surface area (TPSA) is 84.5 Å². The predicted molar refractivity (Wildman–Crippen MR) is 107 cm³/mol. The van der Waals surface area contributed by atoms with Gasteiger partial charge in [0.2, 0.25) is 15.9 Å². The fourth-order valence-electron chi connectivity index (χ4n) is 2.15. The number of amides is 1. The van der Waals surface area contributed by atoms with E-state index in [1.54, 1.807) is 13.0 Å². The van der Waals surface area contributed by atoms with Crippen LogP contribution in [0.1, 0.15) is 13.8 Å². The summed E-state index contributed by atoms with van der Waals surface area (Å²) in [5.41, 5.74) is 0.315. The van der Waals surface area contributed by atoms with Crippen molar-refractivity contribution in [2.45, 2.75) is 24.8 Å². The maximum atomic E-state index is 12.7. The minimum Gasteiger partial charge on any atom is -0.492 e. The molecule has 6 nitrogen and oxygen atoms in total. The lowest BCUT2D eigenvalue weighted by molar-refractivity contribution is -0.117. The van der Waals surface area contributed by atoms with E-state index in [1.807, 2.05) is 0 Å². The molecule has 0 spiro atoms. The summed E-state index contributed by atoms with van der Waals surface area (Å²) in [5, 5.41) is 3.42. The predicted octanol–water partition coefficient (Wildman–Crippen LogP) is 4.35. The molecule has 1 amide bonds. The van der Waals surface area contributed by atoms with Gasteiger partial charge in [-0.2, -0.15) is 4.72 Å². The first-order chi connectivity index (χ1) is 12.6. The van der Waals surface area contributed by atoms with E-state index in [0.29, 0.717) is 10.7 Å². The molecule has 0 aliphatic heterocycles. The Balaban J connectivity index is 2.19. The van der Waals surface area contributed by atoms with Crippen molar-refractivity contribution in [3.05, 3.63) is 51.5 Å². The standard InChI is InChI=1S/C17H17Cl3N2O4S/c1-3-26-15-7-5-12(19)9-16(15)27(24,25)22-10(2)17(23)21-14-6-4-11(18)8-13(14)20/h4-10,22H,3H2,1-2H3,(H,21,23). The minimum atomic E-state index is -4.06. The van der Waals surface area contributed by atoms with Crippen LogP contribution in [0, 0.1) is 0 Å². The number of sulfonamides is 1. The Morgan fingerprint density at radius 3 is 2.37 bits per heavy atom. The van der Waals surface area contributed by atoms with Crippen molar-refractivity contribution >= 4 is 56.4 Å². The van der Waals surface area contributed by atoms with Crippen molar-refractivity contribution in [3.8, 4) is 5.75 Å². The number of hydrogen-bond acceptors (Lipinski definition) is 4. The largest absolute Gasteiger partial charge is 0.492 e. The highest BCUT2D eigenvalue weighted by Crippen LogP contribution is 2.28. The smallest absolute Gasteiger partial charge is 0.245 e. The molecule has 2 rings (SSSR count).